The maximum absolute atomic E-state index is 14.3. The number of hydrogen-bond donors (Lipinski definition) is 2. The minimum atomic E-state index is -0.766. The monoisotopic (exact) mass is 475 g/mol. The molecular weight excluding hydrogens is 443 g/mol. The molecule has 0 saturated carbocycles. The Kier molecular flexibility index (Phi) is 9.71. The molecule has 0 aliphatic heterocycles. The summed E-state index contributed by atoms with van der Waals surface area (Å²) in [5.41, 5.74) is 1.32. The summed E-state index contributed by atoms with van der Waals surface area (Å²) >= 11 is 0. The third-order valence-electron chi connectivity index (χ3n) is 5.46. The number of aldehydes is 1. The number of amides is 1. The molecule has 0 spiro atoms. The highest BCUT2D eigenvalue weighted by atomic mass is 19.1. The average molecular weight is 476 g/mol. The summed E-state index contributed by atoms with van der Waals surface area (Å²) in [5, 5.41) is 5.85. The van der Waals surface area contributed by atoms with Crippen LogP contribution in [0.25, 0.3) is 0 Å². The zero-order valence-electron chi connectivity index (χ0n) is 20.2. The van der Waals surface area contributed by atoms with Crippen molar-refractivity contribution in [2.75, 3.05) is 7.05 Å². The fourth-order valence-corrected chi connectivity index (χ4v) is 3.61. The number of halogens is 3. The summed E-state index contributed by atoms with van der Waals surface area (Å²) < 4.78 is 42.0. The van der Waals surface area contributed by atoms with Crippen molar-refractivity contribution in [3.63, 3.8) is 0 Å². The zero-order chi connectivity index (χ0) is 25.4. The van der Waals surface area contributed by atoms with Crippen molar-refractivity contribution >= 4 is 12.2 Å². The van der Waals surface area contributed by atoms with Crippen LogP contribution in [0.1, 0.15) is 55.6 Å². The molecule has 0 saturated heterocycles. The minimum absolute atomic E-state index is 0.0490. The van der Waals surface area contributed by atoms with Gasteiger partial charge in [0.2, 0.25) is 0 Å². The van der Waals surface area contributed by atoms with Gasteiger partial charge in [-0.2, -0.15) is 0 Å². The maximum atomic E-state index is 14.3. The first kappa shape index (κ1) is 27.0. The van der Waals surface area contributed by atoms with Crippen LogP contribution in [0.3, 0.4) is 0 Å². The number of rotatable bonds is 11. The van der Waals surface area contributed by atoms with E-state index in [1.165, 1.54) is 12.1 Å². The Labute approximate surface area is 199 Å². The molecular formula is C26H32F3N3O2. The van der Waals surface area contributed by atoms with Gasteiger partial charge in [-0.1, -0.05) is 19.9 Å². The predicted octanol–water partition coefficient (Wildman–Crippen LogP) is 4.92. The number of nitrogens with one attached hydrogen (secondary N) is 2. The number of carbonyl (C=O) groups is 2. The van der Waals surface area contributed by atoms with Gasteiger partial charge in [0.05, 0.1) is 0 Å². The van der Waals surface area contributed by atoms with Gasteiger partial charge in [-0.05, 0) is 61.2 Å². The van der Waals surface area contributed by atoms with Crippen molar-refractivity contribution in [2.24, 2.45) is 5.92 Å². The van der Waals surface area contributed by atoms with E-state index >= 15 is 0 Å². The summed E-state index contributed by atoms with van der Waals surface area (Å²) in [4.78, 5) is 25.5. The molecule has 0 aliphatic rings. The highest BCUT2D eigenvalue weighted by Crippen LogP contribution is 2.18. The molecule has 0 aromatic heterocycles. The molecule has 2 N–H and O–H groups in total. The molecule has 2 aromatic carbocycles. The average Bonchev–Trinajstić information content (AvgIpc) is 2.75. The summed E-state index contributed by atoms with van der Waals surface area (Å²) in [6, 6.07) is 7.34. The molecule has 34 heavy (non-hydrogen) atoms. The lowest BCUT2D eigenvalue weighted by Gasteiger charge is -2.31. The van der Waals surface area contributed by atoms with E-state index < -0.39 is 23.4 Å². The van der Waals surface area contributed by atoms with E-state index in [9.17, 15) is 22.8 Å². The Balaban J connectivity index is 2.17. The first-order chi connectivity index (χ1) is 16.0. The number of benzene rings is 2. The summed E-state index contributed by atoms with van der Waals surface area (Å²) in [5.74, 6) is -1.74. The van der Waals surface area contributed by atoms with Crippen LogP contribution in [-0.4, -0.2) is 30.2 Å². The Hall–Kier alpha value is -3.29. The number of carbonyl (C=O) groups excluding carboxylic acids is 2. The van der Waals surface area contributed by atoms with Gasteiger partial charge >= 0.3 is 0 Å². The lowest BCUT2D eigenvalue weighted by atomic mass is 10.0. The van der Waals surface area contributed by atoms with E-state index in [-0.39, 0.29) is 29.6 Å². The third kappa shape index (κ3) is 7.37. The highest BCUT2D eigenvalue weighted by molar-refractivity contribution is 5.94. The van der Waals surface area contributed by atoms with Crippen molar-refractivity contribution in [3.8, 4) is 0 Å². The second-order valence-electron chi connectivity index (χ2n) is 8.83. The molecule has 0 fully saturated rings. The number of hydrogen-bond acceptors (Lipinski definition) is 4. The van der Waals surface area contributed by atoms with Crippen LogP contribution in [-0.2, 0) is 17.9 Å². The Morgan fingerprint density at radius 3 is 2.29 bits per heavy atom. The van der Waals surface area contributed by atoms with Crippen LogP contribution in [0.4, 0.5) is 13.2 Å². The molecule has 0 aliphatic carbocycles. The van der Waals surface area contributed by atoms with E-state index in [1.54, 1.807) is 6.07 Å². The Morgan fingerprint density at radius 2 is 1.74 bits per heavy atom. The second kappa shape index (κ2) is 12.3. The highest BCUT2D eigenvalue weighted by Gasteiger charge is 2.18. The molecule has 2 rings (SSSR count). The van der Waals surface area contributed by atoms with E-state index in [0.29, 0.717) is 18.5 Å². The van der Waals surface area contributed by atoms with Crippen LogP contribution in [0.5, 0.6) is 0 Å². The second-order valence-corrected chi connectivity index (χ2v) is 8.83. The van der Waals surface area contributed by atoms with Gasteiger partial charge in [0.25, 0.3) is 5.91 Å². The van der Waals surface area contributed by atoms with E-state index in [1.807, 2.05) is 39.6 Å². The third-order valence-corrected chi connectivity index (χ3v) is 5.46. The van der Waals surface area contributed by atoms with Gasteiger partial charge in [0, 0.05) is 43.7 Å². The van der Waals surface area contributed by atoms with Gasteiger partial charge < -0.3 is 20.3 Å². The summed E-state index contributed by atoms with van der Waals surface area (Å²) in [6.45, 7) is 7.84. The van der Waals surface area contributed by atoms with Gasteiger partial charge in [-0.15, -0.1) is 0 Å². The van der Waals surface area contributed by atoms with Crippen molar-refractivity contribution in [1.82, 2.24) is 15.5 Å². The van der Waals surface area contributed by atoms with Gasteiger partial charge in [0.15, 0.2) is 0 Å². The largest absolute Gasteiger partial charge is 0.368 e. The van der Waals surface area contributed by atoms with Crippen LogP contribution in [0.15, 0.2) is 47.8 Å². The lowest BCUT2D eigenvalue weighted by Crippen LogP contribution is -2.39. The number of allylic oxidation sites excluding steroid dienone is 1. The molecule has 1 amide bonds. The van der Waals surface area contributed by atoms with Crippen molar-refractivity contribution in [3.05, 3.63) is 81.9 Å². The van der Waals surface area contributed by atoms with Crippen LogP contribution < -0.4 is 10.6 Å². The molecule has 0 radical (unpaired) electrons. The standard InChI is InChI=1S/C26H32F3N3O2/c1-16(2)24(9-10-33)31-25(17(3)4)32(5)15-18-11-19(13-20(27)12-18)26(34)30-14-21-22(28)7-6-8-23(21)29/h6-8,10-13,16,24,31H,9,14-15H2,1-5H3,(H,30,34). The quantitative estimate of drug-likeness (QED) is 0.453. The predicted molar refractivity (Wildman–Crippen MR) is 126 cm³/mol. The van der Waals surface area contributed by atoms with Crippen molar-refractivity contribution in [2.45, 2.75) is 53.2 Å². The van der Waals surface area contributed by atoms with Gasteiger partial charge in [-0.25, -0.2) is 13.2 Å². The topological polar surface area (TPSA) is 61.4 Å². The minimum Gasteiger partial charge on any atom is -0.368 e. The Morgan fingerprint density at radius 1 is 1.09 bits per heavy atom. The molecule has 1 unspecified atom stereocenters. The van der Waals surface area contributed by atoms with Crippen LogP contribution >= 0.6 is 0 Å². The molecule has 8 heteroatoms. The molecule has 184 valence electrons. The molecule has 1 atom stereocenters. The smallest absolute Gasteiger partial charge is 0.251 e. The fourth-order valence-electron chi connectivity index (χ4n) is 3.61. The van der Waals surface area contributed by atoms with Crippen molar-refractivity contribution < 1.29 is 22.8 Å². The Bertz CT molecular complexity index is 1030. The molecule has 0 bridgehead atoms. The van der Waals surface area contributed by atoms with Crippen LogP contribution in [0, 0.1) is 23.4 Å². The summed E-state index contributed by atoms with van der Waals surface area (Å²) in [7, 11) is 1.83. The van der Waals surface area contributed by atoms with E-state index in [4.69, 9.17) is 0 Å². The first-order valence-corrected chi connectivity index (χ1v) is 11.1. The fraction of sp³-hybridized carbons (Fsp3) is 0.385. The van der Waals surface area contributed by atoms with E-state index in [0.717, 1.165) is 35.9 Å². The molecule has 2 aromatic rings. The number of nitrogens with zero attached hydrogens (tertiary/aromatic N) is 1. The SMILES string of the molecule is CC(C)=C(NC(CC=O)C(C)C)N(C)Cc1cc(F)cc(C(=O)NCc2c(F)cccc2F)c1. The van der Waals surface area contributed by atoms with Crippen molar-refractivity contribution in [1.29, 1.82) is 0 Å². The van der Waals surface area contributed by atoms with Crippen LogP contribution in [0.2, 0.25) is 0 Å². The van der Waals surface area contributed by atoms with E-state index in [2.05, 4.69) is 10.6 Å². The molecule has 5 nitrogen and oxygen atoms in total. The van der Waals surface area contributed by atoms with Gasteiger partial charge in [-0.3, -0.25) is 4.79 Å². The lowest BCUT2D eigenvalue weighted by molar-refractivity contribution is -0.108. The maximum Gasteiger partial charge on any atom is 0.251 e. The molecule has 0 heterocycles. The normalized spacial score (nSPS) is 11.7. The summed E-state index contributed by atoms with van der Waals surface area (Å²) in [6.07, 6.45) is 1.24. The van der Waals surface area contributed by atoms with Gasteiger partial charge in [0.1, 0.15) is 29.6 Å². The first-order valence-electron chi connectivity index (χ1n) is 11.1. The zero-order valence-corrected chi connectivity index (χ0v) is 20.2.